The maximum absolute atomic E-state index is 10.9. The van der Waals surface area contributed by atoms with Crippen molar-refractivity contribution in [3.63, 3.8) is 0 Å². The summed E-state index contributed by atoms with van der Waals surface area (Å²) in [6.07, 6.45) is 11.9. The predicted octanol–water partition coefficient (Wildman–Crippen LogP) is 4.88. The highest BCUT2D eigenvalue weighted by atomic mass is 32.1. The van der Waals surface area contributed by atoms with Gasteiger partial charge in [0.1, 0.15) is 0 Å². The third-order valence-electron chi connectivity index (χ3n) is 6.51. The molecule has 1 aliphatic heterocycles. The summed E-state index contributed by atoms with van der Waals surface area (Å²) >= 11 is 1.81. The minimum atomic E-state index is -0.923. The third kappa shape index (κ3) is 5.20. The Kier molecular flexibility index (Phi) is 6.60. The monoisotopic (exact) mass is 484 g/mol. The van der Waals surface area contributed by atoms with Crippen LogP contribution in [-0.4, -0.2) is 49.5 Å². The van der Waals surface area contributed by atoms with Crippen molar-refractivity contribution >= 4 is 42.2 Å². The van der Waals surface area contributed by atoms with Crippen LogP contribution in [0.3, 0.4) is 0 Å². The number of aryl methyl sites for hydroxylation is 1. The van der Waals surface area contributed by atoms with Crippen LogP contribution in [0.15, 0.2) is 30.6 Å². The van der Waals surface area contributed by atoms with Gasteiger partial charge in [0, 0.05) is 36.5 Å². The van der Waals surface area contributed by atoms with Gasteiger partial charge in [0.2, 0.25) is 0 Å². The van der Waals surface area contributed by atoms with Crippen molar-refractivity contribution in [2.45, 2.75) is 50.5 Å². The molecule has 1 aliphatic carbocycles. The molecule has 0 unspecified atom stereocenters. The third-order valence-corrected chi connectivity index (χ3v) is 10.5. The van der Waals surface area contributed by atoms with Crippen molar-refractivity contribution in [1.82, 2.24) is 25.3 Å². The van der Waals surface area contributed by atoms with Crippen molar-refractivity contribution in [3.8, 4) is 10.4 Å². The number of benzene rings is 1. The summed E-state index contributed by atoms with van der Waals surface area (Å²) in [5.41, 5.74) is 2.37. The Hall–Kier alpha value is -2.51. The molecule has 2 fully saturated rings. The number of carboxylic acid groups (broad SMARTS) is 1. The Morgan fingerprint density at radius 2 is 2.00 bits per heavy atom. The maximum atomic E-state index is 10.9. The van der Waals surface area contributed by atoms with Crippen LogP contribution in [0.4, 0.5) is 16.3 Å². The lowest BCUT2D eigenvalue weighted by molar-refractivity contribution is 0.185. The van der Waals surface area contributed by atoms with Crippen LogP contribution in [0.2, 0.25) is 0 Å². The second-order valence-electron chi connectivity index (χ2n) is 8.89. The molecular formula is C23H29N6O2PS. The number of carbonyl (C=O) groups is 1. The number of nitrogens with zero attached hydrogens (tertiary/aromatic N) is 4. The Bertz CT molecular complexity index is 1120. The summed E-state index contributed by atoms with van der Waals surface area (Å²) in [6.45, 7) is 0. The first kappa shape index (κ1) is 22.3. The fourth-order valence-corrected chi connectivity index (χ4v) is 8.83. The van der Waals surface area contributed by atoms with E-state index in [9.17, 15) is 4.79 Å². The van der Waals surface area contributed by atoms with Crippen LogP contribution >= 0.6 is 19.3 Å². The van der Waals surface area contributed by atoms with E-state index in [1.807, 2.05) is 30.8 Å². The van der Waals surface area contributed by atoms with Gasteiger partial charge in [-0.2, -0.15) is 0 Å². The number of rotatable bonds is 6. The van der Waals surface area contributed by atoms with E-state index in [-0.39, 0.29) is 14.0 Å². The number of hydrogen-bond donors (Lipinski definition) is 3. The van der Waals surface area contributed by atoms with Crippen LogP contribution in [0.1, 0.15) is 49.5 Å². The number of thiazole rings is 1. The molecular weight excluding hydrogens is 455 g/mol. The molecule has 3 aromatic rings. The largest absolute Gasteiger partial charge is 0.465 e. The van der Waals surface area contributed by atoms with E-state index >= 15 is 0 Å². The summed E-state index contributed by atoms with van der Waals surface area (Å²) in [7, 11) is 1.71. The minimum absolute atomic E-state index is 0.0734. The van der Waals surface area contributed by atoms with Crippen molar-refractivity contribution in [3.05, 3.63) is 35.6 Å². The first-order chi connectivity index (χ1) is 16.0. The Balaban J connectivity index is 1.36. The number of amides is 1. The molecule has 2 aliphatic rings. The van der Waals surface area contributed by atoms with Gasteiger partial charge < -0.3 is 15.7 Å². The van der Waals surface area contributed by atoms with Gasteiger partial charge in [0.25, 0.3) is 0 Å². The van der Waals surface area contributed by atoms with E-state index in [1.165, 1.54) is 45.9 Å². The molecule has 174 valence electrons. The zero-order valence-electron chi connectivity index (χ0n) is 18.7. The van der Waals surface area contributed by atoms with E-state index in [0.717, 1.165) is 37.2 Å². The molecule has 1 amide bonds. The second kappa shape index (κ2) is 9.77. The van der Waals surface area contributed by atoms with Crippen LogP contribution in [0.25, 0.3) is 10.4 Å². The van der Waals surface area contributed by atoms with Crippen molar-refractivity contribution < 1.29 is 9.90 Å². The Morgan fingerprint density at radius 1 is 1.21 bits per heavy atom. The lowest BCUT2D eigenvalue weighted by Crippen LogP contribution is -2.36. The standard InChI is InChI=1S/C23H29N6O2PS/c1-29-14-21(27-28-29)25-17-8-9-18(19(12-17)32-10-2-3-11-32)20-13-24-22(33-20)15-4-6-16(7-5-15)26-23(30)31/h8-9,12-16,25-26H,2-7,10-11H2,1H3,(H,30,31). The van der Waals surface area contributed by atoms with Gasteiger partial charge in [0.05, 0.1) is 16.1 Å². The van der Waals surface area contributed by atoms with Crippen LogP contribution < -0.4 is 15.9 Å². The molecule has 0 spiro atoms. The maximum Gasteiger partial charge on any atom is 0.404 e. The van der Waals surface area contributed by atoms with Gasteiger partial charge in [-0.15, -0.1) is 16.4 Å². The van der Waals surface area contributed by atoms with Gasteiger partial charge in [-0.05, 0) is 68.3 Å². The first-order valence-corrected chi connectivity index (χ1v) is 14.1. The normalized spacial score (nSPS) is 21.2. The molecule has 1 saturated heterocycles. The average molecular weight is 485 g/mol. The molecule has 0 bridgehead atoms. The molecule has 1 aromatic carbocycles. The summed E-state index contributed by atoms with van der Waals surface area (Å²) in [6, 6.07) is 6.74. The molecule has 10 heteroatoms. The fraction of sp³-hybridized carbons (Fsp3) is 0.478. The lowest BCUT2D eigenvalue weighted by atomic mass is 9.86. The lowest BCUT2D eigenvalue weighted by Gasteiger charge is -2.27. The Labute approximate surface area is 198 Å². The van der Waals surface area contributed by atoms with Gasteiger partial charge in [-0.1, -0.05) is 19.2 Å². The number of anilines is 2. The zero-order valence-corrected chi connectivity index (χ0v) is 20.4. The highest BCUT2D eigenvalue weighted by Gasteiger charge is 2.27. The van der Waals surface area contributed by atoms with Crippen molar-refractivity contribution in [1.29, 1.82) is 0 Å². The van der Waals surface area contributed by atoms with E-state index < -0.39 is 6.09 Å². The summed E-state index contributed by atoms with van der Waals surface area (Å²) in [5.74, 6) is 1.18. The van der Waals surface area contributed by atoms with Crippen LogP contribution in [-0.2, 0) is 7.05 Å². The van der Waals surface area contributed by atoms with Gasteiger partial charge >= 0.3 is 6.09 Å². The molecule has 2 aromatic heterocycles. The molecule has 3 heterocycles. The van der Waals surface area contributed by atoms with Gasteiger partial charge in [-0.3, -0.25) is 4.68 Å². The number of aromatic nitrogens is 4. The highest BCUT2D eigenvalue weighted by Crippen LogP contribution is 2.46. The van der Waals surface area contributed by atoms with E-state index in [4.69, 9.17) is 10.1 Å². The Morgan fingerprint density at radius 3 is 2.70 bits per heavy atom. The molecule has 33 heavy (non-hydrogen) atoms. The smallest absolute Gasteiger partial charge is 0.404 e. The van der Waals surface area contributed by atoms with Crippen LogP contribution in [0.5, 0.6) is 0 Å². The van der Waals surface area contributed by atoms with Gasteiger partial charge in [0.15, 0.2) is 5.82 Å². The minimum Gasteiger partial charge on any atom is -0.465 e. The number of hydrogen-bond acceptors (Lipinski definition) is 6. The summed E-state index contributed by atoms with van der Waals surface area (Å²) < 4.78 is 1.70. The second-order valence-corrected chi connectivity index (χ2v) is 12.4. The van der Waals surface area contributed by atoms with Crippen molar-refractivity contribution in [2.75, 3.05) is 17.6 Å². The van der Waals surface area contributed by atoms with Crippen molar-refractivity contribution in [2.24, 2.45) is 7.05 Å². The van der Waals surface area contributed by atoms with E-state index in [0.29, 0.717) is 5.92 Å². The summed E-state index contributed by atoms with van der Waals surface area (Å²) in [4.78, 5) is 17.0. The predicted molar refractivity (Wildman–Crippen MR) is 134 cm³/mol. The molecule has 8 nitrogen and oxygen atoms in total. The highest BCUT2D eigenvalue weighted by molar-refractivity contribution is 7.66. The topological polar surface area (TPSA) is 105 Å². The first-order valence-electron chi connectivity index (χ1n) is 11.5. The molecule has 5 rings (SSSR count). The molecule has 1 saturated carbocycles. The molecule has 0 radical (unpaired) electrons. The SMILES string of the molecule is Cn1cc(Nc2ccc(-c3cnc(C4CCC(NC(=O)O)CC4)s3)c(P3CCCC3)c2)nn1. The quantitative estimate of drug-likeness (QED) is 0.431. The molecule has 3 N–H and O–H groups in total. The average Bonchev–Trinajstić information content (AvgIpc) is 3.56. The molecule has 0 atom stereocenters. The fourth-order valence-electron chi connectivity index (χ4n) is 4.85. The number of nitrogens with one attached hydrogen (secondary N) is 2. The van der Waals surface area contributed by atoms with E-state index in [1.54, 1.807) is 4.68 Å². The van der Waals surface area contributed by atoms with E-state index in [2.05, 4.69) is 39.1 Å². The summed E-state index contributed by atoms with van der Waals surface area (Å²) in [5, 5.41) is 25.8. The van der Waals surface area contributed by atoms with Gasteiger partial charge in [-0.25, -0.2) is 9.78 Å². The van der Waals surface area contributed by atoms with Crippen LogP contribution in [0, 0.1) is 0 Å². The zero-order chi connectivity index (χ0) is 22.8.